The summed E-state index contributed by atoms with van der Waals surface area (Å²) in [4.78, 5) is 8.72. The number of fused-ring (bicyclic) bond motifs is 6. The fourth-order valence-electron chi connectivity index (χ4n) is 5.01. The summed E-state index contributed by atoms with van der Waals surface area (Å²) in [6.07, 6.45) is 1.11. The molecule has 0 saturated carbocycles. The Bertz CT molecular complexity index is 3520. The summed E-state index contributed by atoms with van der Waals surface area (Å²) in [5, 5.41) is -0.176. The molecule has 44 heavy (non-hydrogen) atoms. The molecule has 0 aliphatic rings. The average molecular weight is 584 g/mol. The third-order valence-corrected chi connectivity index (χ3v) is 7.02. The van der Waals surface area contributed by atoms with Crippen LogP contribution in [-0.2, 0) is 0 Å². The van der Waals surface area contributed by atoms with Gasteiger partial charge in [-0.1, -0.05) is 115 Å². The summed E-state index contributed by atoms with van der Waals surface area (Å²) in [5.41, 5.74) is -2.46. The van der Waals surface area contributed by atoms with E-state index >= 15 is 0 Å². The highest BCUT2D eigenvalue weighted by atomic mass is 16.3. The Labute approximate surface area is 279 Å². The number of rotatable bonds is 4. The van der Waals surface area contributed by atoms with Crippen LogP contribution in [0.15, 0.2) is 154 Å². The molecule has 4 nitrogen and oxygen atoms in total. The van der Waals surface area contributed by atoms with Crippen molar-refractivity contribution in [3.8, 4) is 44.6 Å². The maximum absolute atomic E-state index is 9.43. The number of furan rings is 2. The highest BCUT2D eigenvalue weighted by Gasteiger charge is 2.17. The molecule has 0 unspecified atom stereocenters. The molecule has 0 aliphatic heterocycles. The van der Waals surface area contributed by atoms with Gasteiger partial charge in [-0.2, -0.15) is 0 Å². The number of hydrogen-bond donors (Lipinski definition) is 0. The second-order valence-electron chi connectivity index (χ2n) is 9.53. The van der Waals surface area contributed by atoms with Crippen LogP contribution in [0.4, 0.5) is 0 Å². The molecule has 0 bridgehead atoms. The van der Waals surface area contributed by atoms with E-state index in [2.05, 4.69) is 9.97 Å². The van der Waals surface area contributed by atoms with Crippen LogP contribution in [0.3, 0.4) is 0 Å². The summed E-state index contributed by atoms with van der Waals surface area (Å²) in [7, 11) is 0. The molecular formula is C40H24N2O2. The molecule has 0 spiro atoms. The second-order valence-corrected chi connectivity index (χ2v) is 9.53. The number of nitrogens with zero attached hydrogens (tertiary/aromatic N) is 2. The van der Waals surface area contributed by atoms with Crippen LogP contribution in [0.5, 0.6) is 0 Å². The molecule has 0 fully saturated rings. The zero-order valence-electron chi connectivity index (χ0n) is 41.1. The van der Waals surface area contributed by atoms with E-state index in [1.165, 1.54) is 18.2 Å². The predicted octanol–water partition coefficient (Wildman–Crippen LogP) is 10.9. The van der Waals surface area contributed by atoms with Crippen molar-refractivity contribution in [2.75, 3.05) is 0 Å². The lowest BCUT2D eigenvalue weighted by atomic mass is 9.99. The van der Waals surface area contributed by atoms with E-state index in [1.807, 2.05) is 0 Å². The summed E-state index contributed by atoms with van der Waals surface area (Å²) >= 11 is 0. The molecule has 9 rings (SSSR count). The van der Waals surface area contributed by atoms with Crippen LogP contribution in [0, 0.1) is 0 Å². The Hall–Kier alpha value is -6.00. The number of para-hydroxylation sites is 2. The van der Waals surface area contributed by atoms with Gasteiger partial charge < -0.3 is 8.83 Å². The quantitative estimate of drug-likeness (QED) is 0.207. The first-order valence-electron chi connectivity index (χ1n) is 22.6. The van der Waals surface area contributed by atoms with Gasteiger partial charge in [-0.05, 0) is 52.0 Å². The zero-order chi connectivity index (χ0) is 45.6. The predicted molar refractivity (Wildman–Crippen MR) is 178 cm³/mol. The zero-order valence-corrected chi connectivity index (χ0v) is 22.1. The SMILES string of the molecule is [2H]c1cc([2H])c(-c2c([2H])c([2H])c([2H])c3c2oc2c([2H])c([2H])c([2H])c([2H])c23)c([2H])c1-c1ncnc2c1oc1ccc(-c3c([2H])c([2H])c(-c4c([2H])c([2H])c([2H])c([2H])c4[2H])c([2H])c3[2H])cc12. The fourth-order valence-corrected chi connectivity index (χ4v) is 5.01. The molecule has 0 amide bonds. The molecule has 3 heterocycles. The van der Waals surface area contributed by atoms with Gasteiger partial charge in [-0.25, -0.2) is 9.97 Å². The van der Waals surface area contributed by atoms with E-state index in [0.29, 0.717) is 0 Å². The van der Waals surface area contributed by atoms with Gasteiger partial charge >= 0.3 is 0 Å². The molecule has 0 radical (unpaired) electrons. The van der Waals surface area contributed by atoms with E-state index in [4.69, 9.17) is 33.5 Å². The maximum atomic E-state index is 9.43. The maximum Gasteiger partial charge on any atom is 0.180 e. The minimum atomic E-state index is -0.707. The van der Waals surface area contributed by atoms with Crippen LogP contribution in [-0.4, -0.2) is 9.97 Å². The fraction of sp³-hybridized carbons (Fsp3) is 0. The van der Waals surface area contributed by atoms with Crippen molar-refractivity contribution in [3.05, 3.63) is 145 Å². The van der Waals surface area contributed by atoms with Crippen molar-refractivity contribution in [3.63, 3.8) is 0 Å². The van der Waals surface area contributed by atoms with Crippen LogP contribution < -0.4 is 0 Å². The van der Waals surface area contributed by atoms with Crippen molar-refractivity contribution in [1.29, 1.82) is 0 Å². The van der Waals surface area contributed by atoms with Gasteiger partial charge in [0.1, 0.15) is 34.3 Å². The minimum absolute atomic E-state index is 0.0577. The van der Waals surface area contributed by atoms with Crippen molar-refractivity contribution in [1.82, 2.24) is 9.97 Å². The Morgan fingerprint density at radius 1 is 0.500 bits per heavy atom. The highest BCUT2D eigenvalue weighted by Crippen LogP contribution is 2.39. The average Bonchev–Trinajstić information content (AvgIpc) is 3.84. The Morgan fingerprint density at radius 2 is 1.23 bits per heavy atom. The largest absolute Gasteiger partial charge is 0.455 e. The van der Waals surface area contributed by atoms with Crippen LogP contribution >= 0.6 is 0 Å². The third-order valence-electron chi connectivity index (χ3n) is 7.02. The normalized spacial score (nSPS) is 17.7. The topological polar surface area (TPSA) is 52.1 Å². The van der Waals surface area contributed by atoms with Crippen molar-refractivity contribution in [2.45, 2.75) is 0 Å². The lowest BCUT2D eigenvalue weighted by molar-refractivity contribution is 0.667. The van der Waals surface area contributed by atoms with Crippen molar-refractivity contribution < 1.29 is 34.9 Å². The summed E-state index contributed by atoms with van der Waals surface area (Å²) in [6.45, 7) is 0. The monoisotopic (exact) mass is 583 g/mol. The Kier molecular flexibility index (Phi) is 2.74. The van der Waals surface area contributed by atoms with Crippen LogP contribution in [0.25, 0.3) is 88.6 Å². The van der Waals surface area contributed by atoms with Crippen molar-refractivity contribution >= 4 is 44.0 Å². The lowest BCUT2D eigenvalue weighted by Gasteiger charge is -2.06. The van der Waals surface area contributed by atoms with Crippen molar-refractivity contribution in [2.24, 2.45) is 0 Å². The van der Waals surface area contributed by atoms with Crippen LogP contribution in [0.1, 0.15) is 26.0 Å². The van der Waals surface area contributed by atoms with E-state index in [9.17, 15) is 1.37 Å². The molecule has 0 aliphatic carbocycles. The lowest BCUT2D eigenvalue weighted by Crippen LogP contribution is -1.88. The van der Waals surface area contributed by atoms with Gasteiger partial charge in [0.05, 0.1) is 26.0 Å². The molecule has 0 atom stereocenters. The van der Waals surface area contributed by atoms with Gasteiger partial charge in [0.2, 0.25) is 0 Å². The molecule has 4 heteroatoms. The summed E-state index contributed by atoms with van der Waals surface area (Å²) < 4.78 is 175. The number of benzene rings is 6. The molecule has 9 aromatic rings. The van der Waals surface area contributed by atoms with E-state index in [0.717, 1.165) is 12.4 Å². The smallest absolute Gasteiger partial charge is 0.180 e. The molecular weight excluding hydrogens is 540 g/mol. The third kappa shape index (κ3) is 3.92. The molecule has 206 valence electrons. The highest BCUT2D eigenvalue weighted by molar-refractivity contribution is 6.10. The first-order valence-corrected chi connectivity index (χ1v) is 13.1. The van der Waals surface area contributed by atoms with Crippen LogP contribution in [0.2, 0.25) is 0 Å². The van der Waals surface area contributed by atoms with Gasteiger partial charge in [-0.3, -0.25) is 0 Å². The van der Waals surface area contributed by atoms with Gasteiger partial charge in [0, 0.05) is 27.3 Å². The summed E-state index contributed by atoms with van der Waals surface area (Å²) in [5.74, 6) is 0. The van der Waals surface area contributed by atoms with Gasteiger partial charge in [0.25, 0.3) is 0 Å². The first-order chi connectivity index (χ1) is 29.7. The standard InChI is InChI=1S/C40H24N2O2/c1-2-8-25(9-3-1)26-16-18-27(19-17-26)28-20-21-36-34(23-28)38-40(44-36)37(41-24-42-38)30-11-6-10-29(22-30)31-13-7-14-33-32-12-4-5-15-35(32)43-39(31)33/h1-24H/i1D,2D,3D,4D,5D,7D,8D,9D,10D,11D,12D,13D,14D,15D,16D,17D,18D,19D,22D. The first kappa shape index (κ1) is 12.3. The molecule has 0 saturated heterocycles. The second kappa shape index (κ2) is 9.79. The van der Waals surface area contributed by atoms with Gasteiger partial charge in [0.15, 0.2) is 5.58 Å². The van der Waals surface area contributed by atoms with Gasteiger partial charge in [-0.15, -0.1) is 0 Å². The number of aromatic nitrogens is 2. The molecule has 0 N–H and O–H groups in total. The Morgan fingerprint density at radius 3 is 2.11 bits per heavy atom. The van der Waals surface area contributed by atoms with E-state index < -0.39 is 120 Å². The summed E-state index contributed by atoms with van der Waals surface area (Å²) in [6, 6.07) is -6.16. The molecule has 6 aromatic carbocycles. The minimum Gasteiger partial charge on any atom is -0.455 e. The Balaban J connectivity index is 1.25. The number of hydrogen-bond acceptors (Lipinski definition) is 4. The van der Waals surface area contributed by atoms with E-state index in [1.54, 1.807) is 0 Å². The molecule has 3 aromatic heterocycles. The van der Waals surface area contributed by atoms with E-state index in [-0.39, 0.29) is 83.6 Å².